The van der Waals surface area contributed by atoms with Crippen molar-refractivity contribution in [3.05, 3.63) is 94.0 Å². The van der Waals surface area contributed by atoms with Crippen LogP contribution in [0.1, 0.15) is 16.7 Å². The van der Waals surface area contributed by atoms with E-state index < -0.39 is 0 Å². The number of fused-ring (bicyclic) bond motifs is 1. The normalized spacial score (nSPS) is 11.4. The van der Waals surface area contributed by atoms with E-state index >= 15 is 0 Å². The van der Waals surface area contributed by atoms with Crippen molar-refractivity contribution < 1.29 is 0 Å². The van der Waals surface area contributed by atoms with Crippen molar-refractivity contribution in [1.29, 1.82) is 0 Å². The van der Waals surface area contributed by atoms with Crippen LogP contribution in [0.25, 0.3) is 17.2 Å². The van der Waals surface area contributed by atoms with Gasteiger partial charge in [0.15, 0.2) is 11.2 Å². The first-order valence-electron chi connectivity index (χ1n) is 8.76. The van der Waals surface area contributed by atoms with Crippen LogP contribution in [0.15, 0.2) is 71.8 Å². The highest BCUT2D eigenvalue weighted by Gasteiger charge is 2.11. The lowest BCUT2D eigenvalue weighted by Gasteiger charge is -2.04. The molecule has 134 valence electrons. The smallest absolute Gasteiger partial charge is 0.283 e. The average Bonchev–Trinajstić information content (AvgIpc) is 3.10. The third kappa shape index (κ3) is 3.69. The summed E-state index contributed by atoms with van der Waals surface area (Å²) in [7, 11) is 0. The van der Waals surface area contributed by atoms with E-state index in [9.17, 15) is 4.79 Å². The van der Waals surface area contributed by atoms with Crippen molar-refractivity contribution >= 4 is 17.2 Å². The Morgan fingerprint density at radius 2 is 1.81 bits per heavy atom. The van der Waals surface area contributed by atoms with Crippen LogP contribution in [-0.2, 0) is 13.1 Å². The summed E-state index contributed by atoms with van der Waals surface area (Å²) in [6.07, 6.45) is 5.46. The molecule has 0 aliphatic carbocycles. The molecular formula is C21H19N5O. The Labute approximate surface area is 156 Å². The Morgan fingerprint density at radius 1 is 1.04 bits per heavy atom. The van der Waals surface area contributed by atoms with Gasteiger partial charge in [0.05, 0.1) is 6.54 Å². The van der Waals surface area contributed by atoms with Gasteiger partial charge in [-0.1, -0.05) is 77.5 Å². The first kappa shape index (κ1) is 16.9. The minimum Gasteiger partial charge on any atom is -0.293 e. The van der Waals surface area contributed by atoms with Gasteiger partial charge >= 0.3 is 0 Å². The van der Waals surface area contributed by atoms with Crippen LogP contribution in [0, 0.1) is 6.92 Å². The van der Waals surface area contributed by atoms with Gasteiger partial charge < -0.3 is 0 Å². The lowest BCUT2D eigenvalue weighted by molar-refractivity contribution is 0.663. The monoisotopic (exact) mass is 357 g/mol. The lowest BCUT2D eigenvalue weighted by atomic mass is 10.1. The number of aryl methyl sites for hydroxylation is 1. The molecule has 0 fully saturated rings. The van der Waals surface area contributed by atoms with Crippen LogP contribution < -0.4 is 5.56 Å². The molecule has 0 amide bonds. The second-order valence-electron chi connectivity index (χ2n) is 6.42. The molecule has 6 heteroatoms. The number of rotatable bonds is 5. The molecular weight excluding hydrogens is 338 g/mol. The molecule has 4 aromatic rings. The van der Waals surface area contributed by atoms with E-state index in [1.807, 2.05) is 73.7 Å². The van der Waals surface area contributed by atoms with Crippen LogP contribution >= 0.6 is 0 Å². The summed E-state index contributed by atoms with van der Waals surface area (Å²) in [6, 6.07) is 18.1. The molecule has 0 radical (unpaired) electrons. The van der Waals surface area contributed by atoms with E-state index in [1.54, 1.807) is 11.0 Å². The predicted octanol–water partition coefficient (Wildman–Crippen LogP) is 3.06. The molecule has 0 atom stereocenters. The van der Waals surface area contributed by atoms with E-state index in [0.29, 0.717) is 18.7 Å². The first-order valence-corrected chi connectivity index (χ1v) is 8.76. The predicted molar refractivity (Wildman–Crippen MR) is 105 cm³/mol. The van der Waals surface area contributed by atoms with Gasteiger partial charge in [-0.3, -0.25) is 9.36 Å². The molecule has 2 aromatic carbocycles. The van der Waals surface area contributed by atoms with Gasteiger partial charge in [0.2, 0.25) is 0 Å². The zero-order valence-electron chi connectivity index (χ0n) is 15.0. The third-order valence-electron chi connectivity index (χ3n) is 4.36. The number of aromatic nitrogens is 5. The number of hydrogen-bond donors (Lipinski definition) is 0. The van der Waals surface area contributed by atoms with Crippen LogP contribution in [-0.4, -0.2) is 24.5 Å². The molecule has 6 nitrogen and oxygen atoms in total. The number of allylic oxidation sites excluding steroid dienone is 1. The molecule has 2 heterocycles. The molecule has 0 bridgehead atoms. The molecule has 27 heavy (non-hydrogen) atoms. The SMILES string of the molecule is Cc1ccc(Cn2nnc3c(=O)n(C/C=C/c4ccccc4)cnc32)cc1. The van der Waals surface area contributed by atoms with Gasteiger partial charge in [0.25, 0.3) is 5.56 Å². The van der Waals surface area contributed by atoms with Crippen molar-refractivity contribution in [2.45, 2.75) is 20.0 Å². The fourth-order valence-electron chi connectivity index (χ4n) is 2.86. The summed E-state index contributed by atoms with van der Waals surface area (Å²) in [5, 5.41) is 8.17. The fourth-order valence-corrected chi connectivity index (χ4v) is 2.86. The summed E-state index contributed by atoms with van der Waals surface area (Å²) in [6.45, 7) is 3.01. The van der Waals surface area contributed by atoms with Crippen LogP contribution in [0.5, 0.6) is 0 Å². The molecule has 0 saturated heterocycles. The molecule has 0 spiro atoms. The summed E-state index contributed by atoms with van der Waals surface area (Å²) in [5.41, 5.74) is 3.98. The van der Waals surface area contributed by atoms with Gasteiger partial charge in [0, 0.05) is 6.54 Å². The zero-order chi connectivity index (χ0) is 18.6. The minimum absolute atomic E-state index is 0.187. The Bertz CT molecular complexity index is 1140. The second kappa shape index (κ2) is 7.37. The lowest BCUT2D eigenvalue weighted by Crippen LogP contribution is -2.20. The molecule has 0 aliphatic rings. The maximum atomic E-state index is 12.7. The average molecular weight is 357 g/mol. The van der Waals surface area contributed by atoms with Crippen molar-refractivity contribution in [1.82, 2.24) is 24.5 Å². The van der Waals surface area contributed by atoms with E-state index in [4.69, 9.17) is 0 Å². The van der Waals surface area contributed by atoms with Gasteiger partial charge in [-0.05, 0) is 18.1 Å². The highest BCUT2D eigenvalue weighted by Crippen LogP contribution is 2.09. The number of hydrogen-bond acceptors (Lipinski definition) is 4. The third-order valence-corrected chi connectivity index (χ3v) is 4.36. The van der Waals surface area contributed by atoms with Gasteiger partial charge in [-0.15, -0.1) is 5.10 Å². The molecule has 0 unspecified atom stereocenters. The second-order valence-corrected chi connectivity index (χ2v) is 6.42. The van der Waals surface area contributed by atoms with Crippen molar-refractivity contribution in [2.24, 2.45) is 0 Å². The molecule has 2 aromatic heterocycles. The minimum atomic E-state index is -0.187. The Balaban J connectivity index is 1.57. The summed E-state index contributed by atoms with van der Waals surface area (Å²) >= 11 is 0. The highest BCUT2D eigenvalue weighted by molar-refractivity contribution is 5.67. The molecule has 0 N–H and O–H groups in total. The maximum Gasteiger partial charge on any atom is 0.283 e. The Hall–Kier alpha value is -3.54. The number of nitrogens with zero attached hydrogens (tertiary/aromatic N) is 5. The van der Waals surface area contributed by atoms with Crippen LogP contribution in [0.4, 0.5) is 0 Å². The van der Waals surface area contributed by atoms with Gasteiger partial charge in [-0.2, -0.15) is 0 Å². The number of benzene rings is 2. The molecule has 0 saturated carbocycles. The van der Waals surface area contributed by atoms with Crippen LogP contribution in [0.3, 0.4) is 0 Å². The van der Waals surface area contributed by atoms with E-state index in [0.717, 1.165) is 11.1 Å². The van der Waals surface area contributed by atoms with Gasteiger partial charge in [0.1, 0.15) is 6.33 Å². The summed E-state index contributed by atoms with van der Waals surface area (Å²) in [5.74, 6) is 0. The molecule has 4 rings (SSSR count). The standard InChI is InChI=1S/C21H19N5O/c1-16-9-11-18(12-10-16)14-26-20-19(23-24-26)21(27)25(15-22-20)13-5-8-17-6-3-2-4-7-17/h2-12,15H,13-14H2,1H3/b8-5+. The highest BCUT2D eigenvalue weighted by atomic mass is 16.1. The van der Waals surface area contributed by atoms with Crippen molar-refractivity contribution in [2.75, 3.05) is 0 Å². The Morgan fingerprint density at radius 3 is 2.59 bits per heavy atom. The maximum absolute atomic E-state index is 12.7. The topological polar surface area (TPSA) is 65.6 Å². The first-order chi connectivity index (χ1) is 13.2. The van der Waals surface area contributed by atoms with Crippen LogP contribution in [0.2, 0.25) is 0 Å². The largest absolute Gasteiger partial charge is 0.293 e. The van der Waals surface area contributed by atoms with Gasteiger partial charge in [-0.25, -0.2) is 9.67 Å². The zero-order valence-corrected chi connectivity index (χ0v) is 15.0. The summed E-state index contributed by atoms with van der Waals surface area (Å²) in [4.78, 5) is 17.1. The van der Waals surface area contributed by atoms with Crippen molar-refractivity contribution in [3.8, 4) is 0 Å². The molecule has 0 aliphatic heterocycles. The fraction of sp³-hybridized carbons (Fsp3) is 0.143. The van der Waals surface area contributed by atoms with E-state index in [1.165, 1.54) is 10.1 Å². The Kier molecular flexibility index (Phi) is 4.61. The summed E-state index contributed by atoms with van der Waals surface area (Å²) < 4.78 is 3.19. The van der Waals surface area contributed by atoms with E-state index in [-0.39, 0.29) is 11.1 Å². The van der Waals surface area contributed by atoms with E-state index in [2.05, 4.69) is 15.3 Å². The quantitative estimate of drug-likeness (QED) is 0.551. The van der Waals surface area contributed by atoms with Crippen molar-refractivity contribution in [3.63, 3.8) is 0 Å².